The molecule has 26 heavy (non-hydrogen) atoms. The molecular formula is C24H43NO. The summed E-state index contributed by atoms with van der Waals surface area (Å²) in [4.78, 5) is 0. The smallest absolute Gasteiger partial charge is 0.0602 e. The molecule has 0 aromatic carbocycles. The van der Waals surface area contributed by atoms with E-state index in [1.807, 2.05) is 0 Å². The molecule has 0 heterocycles. The van der Waals surface area contributed by atoms with E-state index in [-0.39, 0.29) is 11.5 Å². The number of rotatable bonds is 3. The van der Waals surface area contributed by atoms with E-state index >= 15 is 0 Å². The van der Waals surface area contributed by atoms with E-state index in [1.54, 1.807) is 0 Å². The third kappa shape index (κ3) is 2.65. The van der Waals surface area contributed by atoms with Gasteiger partial charge in [0.25, 0.3) is 0 Å². The molecule has 3 unspecified atom stereocenters. The fourth-order valence-electron chi connectivity index (χ4n) is 8.87. The zero-order valence-electron chi connectivity index (χ0n) is 17.7. The van der Waals surface area contributed by atoms with E-state index in [9.17, 15) is 5.11 Å². The van der Waals surface area contributed by atoms with Crippen molar-refractivity contribution in [3.63, 3.8) is 0 Å². The van der Waals surface area contributed by atoms with Gasteiger partial charge in [-0.3, -0.25) is 0 Å². The second-order valence-electron chi connectivity index (χ2n) is 11.3. The van der Waals surface area contributed by atoms with E-state index in [0.29, 0.717) is 11.5 Å². The second kappa shape index (κ2) is 6.76. The summed E-state index contributed by atoms with van der Waals surface area (Å²) in [7, 11) is 0. The Morgan fingerprint density at radius 3 is 2.54 bits per heavy atom. The lowest BCUT2D eigenvalue weighted by Gasteiger charge is -2.62. The van der Waals surface area contributed by atoms with Crippen LogP contribution in [0.4, 0.5) is 0 Å². The van der Waals surface area contributed by atoms with Crippen molar-refractivity contribution in [2.45, 2.75) is 104 Å². The Labute approximate surface area is 161 Å². The molecule has 4 fully saturated rings. The zero-order valence-corrected chi connectivity index (χ0v) is 17.7. The van der Waals surface area contributed by atoms with Gasteiger partial charge in [-0.05, 0) is 97.7 Å². The number of aliphatic hydroxyl groups is 1. The number of nitrogens with two attached hydrogens (primary N) is 1. The quantitative estimate of drug-likeness (QED) is 0.709. The number of fused-ring (bicyclic) bond motifs is 5. The molecule has 0 bridgehead atoms. The van der Waals surface area contributed by atoms with E-state index in [2.05, 4.69) is 27.7 Å². The Morgan fingerprint density at radius 2 is 1.81 bits per heavy atom. The summed E-state index contributed by atoms with van der Waals surface area (Å²) >= 11 is 0. The predicted octanol–water partition coefficient (Wildman–Crippen LogP) is 5.38. The van der Waals surface area contributed by atoms with Crippen LogP contribution in [-0.4, -0.2) is 17.3 Å². The summed E-state index contributed by atoms with van der Waals surface area (Å²) in [5, 5.41) is 11.5. The molecule has 0 aliphatic heterocycles. The number of hydrogen-bond acceptors (Lipinski definition) is 2. The van der Waals surface area contributed by atoms with Crippen LogP contribution in [0.15, 0.2) is 0 Å². The molecule has 3 N–H and O–H groups in total. The molecule has 0 saturated heterocycles. The first-order valence-corrected chi connectivity index (χ1v) is 11.8. The topological polar surface area (TPSA) is 46.2 Å². The second-order valence-corrected chi connectivity index (χ2v) is 11.3. The van der Waals surface area contributed by atoms with Crippen LogP contribution in [0.1, 0.15) is 91.9 Å². The highest BCUT2D eigenvalue weighted by Crippen LogP contribution is 2.68. The lowest BCUT2D eigenvalue weighted by Crippen LogP contribution is -2.59. The minimum absolute atomic E-state index is 0.0910. The molecule has 2 heteroatoms. The van der Waals surface area contributed by atoms with Crippen molar-refractivity contribution in [2.75, 3.05) is 0 Å². The van der Waals surface area contributed by atoms with Gasteiger partial charge < -0.3 is 10.8 Å². The molecule has 4 aliphatic rings. The van der Waals surface area contributed by atoms with Gasteiger partial charge in [0.05, 0.1) is 6.10 Å². The third-order valence-corrected chi connectivity index (χ3v) is 10.3. The Balaban J connectivity index is 1.61. The fraction of sp³-hybridized carbons (Fsp3) is 1.00. The molecular weight excluding hydrogens is 318 g/mol. The van der Waals surface area contributed by atoms with Gasteiger partial charge in [-0.1, -0.05) is 40.5 Å². The summed E-state index contributed by atoms with van der Waals surface area (Å²) in [5.74, 6) is 4.66. The van der Waals surface area contributed by atoms with E-state index in [0.717, 1.165) is 41.9 Å². The maximum Gasteiger partial charge on any atom is 0.0602 e. The molecule has 0 radical (unpaired) electrons. The van der Waals surface area contributed by atoms with E-state index in [4.69, 9.17) is 5.73 Å². The third-order valence-electron chi connectivity index (χ3n) is 10.3. The van der Waals surface area contributed by atoms with Gasteiger partial charge in [-0.25, -0.2) is 0 Å². The number of hydrogen-bond donors (Lipinski definition) is 2. The molecule has 0 aromatic heterocycles. The zero-order chi connectivity index (χ0) is 18.7. The number of aliphatic hydroxyl groups excluding tert-OH is 1. The van der Waals surface area contributed by atoms with Crippen molar-refractivity contribution in [1.82, 2.24) is 0 Å². The van der Waals surface area contributed by atoms with Crippen molar-refractivity contribution in [3.8, 4) is 0 Å². The fourth-order valence-corrected chi connectivity index (χ4v) is 8.87. The minimum atomic E-state index is -0.0910. The molecule has 4 saturated carbocycles. The first-order chi connectivity index (χ1) is 12.3. The van der Waals surface area contributed by atoms with Gasteiger partial charge in [0.2, 0.25) is 0 Å². The Hall–Kier alpha value is -0.0800. The van der Waals surface area contributed by atoms with Crippen LogP contribution < -0.4 is 5.73 Å². The monoisotopic (exact) mass is 361 g/mol. The molecule has 0 aromatic rings. The van der Waals surface area contributed by atoms with Crippen LogP contribution in [0.2, 0.25) is 0 Å². The summed E-state index contributed by atoms with van der Waals surface area (Å²) in [6.07, 6.45) is 12.8. The van der Waals surface area contributed by atoms with Crippen molar-refractivity contribution >= 4 is 0 Å². The van der Waals surface area contributed by atoms with Crippen LogP contribution >= 0.6 is 0 Å². The maximum atomic E-state index is 11.5. The predicted molar refractivity (Wildman–Crippen MR) is 109 cm³/mol. The van der Waals surface area contributed by atoms with Gasteiger partial charge >= 0.3 is 0 Å². The van der Waals surface area contributed by atoms with Crippen LogP contribution in [-0.2, 0) is 0 Å². The SMILES string of the molecule is CCC[C@@H](C)[C@H]1CC[C@H]2[C@@H]3CCC4CC(N)CC[C@]4(C)[C@H]3CC(O)[C@]12C. The summed E-state index contributed by atoms with van der Waals surface area (Å²) in [5.41, 5.74) is 6.94. The van der Waals surface area contributed by atoms with Gasteiger partial charge in [-0.15, -0.1) is 0 Å². The average molecular weight is 362 g/mol. The average Bonchev–Trinajstić information content (AvgIpc) is 2.96. The van der Waals surface area contributed by atoms with Crippen LogP contribution in [0, 0.1) is 46.3 Å². The summed E-state index contributed by atoms with van der Waals surface area (Å²) in [6, 6.07) is 0.425. The molecule has 10 atom stereocenters. The standard InChI is InChI=1S/C24H43NO/c1-5-6-15(2)19-9-10-20-18-8-7-16-13-17(25)11-12-23(16,3)21(18)14-22(26)24(19,20)4/h15-22,26H,5-14,25H2,1-4H3/t15-,16?,17?,18+,19-,20+,21+,22?,23+,24-/m1/s1. The maximum absolute atomic E-state index is 11.5. The molecule has 4 aliphatic carbocycles. The first kappa shape index (κ1) is 19.2. The highest BCUT2D eigenvalue weighted by molar-refractivity contribution is 5.12. The van der Waals surface area contributed by atoms with Gasteiger partial charge in [0.1, 0.15) is 0 Å². The van der Waals surface area contributed by atoms with Gasteiger partial charge in [0, 0.05) is 6.04 Å². The molecule has 0 amide bonds. The Bertz CT molecular complexity index is 520. The van der Waals surface area contributed by atoms with Crippen molar-refractivity contribution in [3.05, 3.63) is 0 Å². The largest absolute Gasteiger partial charge is 0.393 e. The normalized spacial score (nSPS) is 54.9. The first-order valence-electron chi connectivity index (χ1n) is 11.8. The van der Waals surface area contributed by atoms with Crippen molar-refractivity contribution in [1.29, 1.82) is 0 Å². The molecule has 4 rings (SSSR count). The highest BCUT2D eigenvalue weighted by atomic mass is 16.3. The van der Waals surface area contributed by atoms with E-state index < -0.39 is 0 Å². The van der Waals surface area contributed by atoms with Crippen molar-refractivity contribution < 1.29 is 5.11 Å². The van der Waals surface area contributed by atoms with Crippen LogP contribution in [0.25, 0.3) is 0 Å². The minimum Gasteiger partial charge on any atom is -0.393 e. The van der Waals surface area contributed by atoms with Crippen LogP contribution in [0.5, 0.6) is 0 Å². The highest BCUT2D eigenvalue weighted by Gasteiger charge is 2.63. The summed E-state index contributed by atoms with van der Waals surface area (Å²) < 4.78 is 0. The van der Waals surface area contributed by atoms with E-state index in [1.165, 1.54) is 57.8 Å². The van der Waals surface area contributed by atoms with Crippen LogP contribution in [0.3, 0.4) is 0 Å². The van der Waals surface area contributed by atoms with Gasteiger partial charge in [-0.2, -0.15) is 0 Å². The Kier molecular flexibility index (Phi) is 5.01. The molecule has 0 spiro atoms. The molecule has 150 valence electrons. The Morgan fingerprint density at radius 1 is 1.04 bits per heavy atom. The lowest BCUT2D eigenvalue weighted by atomic mass is 9.43. The lowest BCUT2D eigenvalue weighted by molar-refractivity contribution is -0.169. The summed E-state index contributed by atoms with van der Waals surface area (Å²) in [6.45, 7) is 9.82. The van der Waals surface area contributed by atoms with Gasteiger partial charge in [0.15, 0.2) is 0 Å². The van der Waals surface area contributed by atoms with Crippen molar-refractivity contribution in [2.24, 2.45) is 52.1 Å². The molecule has 2 nitrogen and oxygen atoms in total.